The van der Waals surface area contributed by atoms with E-state index < -0.39 is 0 Å². The number of nitrogens with zero attached hydrogens (tertiary/aromatic N) is 1. The summed E-state index contributed by atoms with van der Waals surface area (Å²) in [5.41, 5.74) is 0.672. The zero-order chi connectivity index (χ0) is 13.1. The Hall–Kier alpha value is -0.0800. The van der Waals surface area contributed by atoms with Crippen LogP contribution in [0.3, 0.4) is 0 Å². The molecule has 0 aromatic rings. The van der Waals surface area contributed by atoms with Gasteiger partial charge in [-0.05, 0) is 71.1 Å². The van der Waals surface area contributed by atoms with Gasteiger partial charge in [0.1, 0.15) is 0 Å². The summed E-state index contributed by atoms with van der Waals surface area (Å²) < 4.78 is 0. The Kier molecular flexibility index (Phi) is 5.03. The first-order valence-corrected chi connectivity index (χ1v) is 7.12. The predicted octanol–water partition coefficient (Wildman–Crippen LogP) is 3.13. The second-order valence-electron chi connectivity index (χ2n) is 7.75. The molecule has 1 fully saturated rings. The van der Waals surface area contributed by atoms with E-state index in [2.05, 4.69) is 51.9 Å². The minimum atomic E-state index is 0.265. The van der Waals surface area contributed by atoms with Crippen molar-refractivity contribution in [3.8, 4) is 0 Å². The van der Waals surface area contributed by atoms with E-state index >= 15 is 0 Å². The lowest BCUT2D eigenvalue weighted by atomic mass is 9.81. The van der Waals surface area contributed by atoms with Gasteiger partial charge in [0.15, 0.2) is 0 Å². The largest absolute Gasteiger partial charge is 0.311 e. The Bertz CT molecular complexity index is 220. The van der Waals surface area contributed by atoms with Crippen LogP contribution < -0.4 is 5.32 Å². The summed E-state index contributed by atoms with van der Waals surface area (Å²) in [6.45, 7) is 15.4. The maximum absolute atomic E-state index is 3.78. The molecule has 1 rings (SSSR count). The van der Waals surface area contributed by atoms with Crippen LogP contribution >= 0.6 is 0 Å². The summed E-state index contributed by atoms with van der Waals surface area (Å²) in [5.74, 6) is 0.880. The van der Waals surface area contributed by atoms with Crippen LogP contribution in [0, 0.1) is 11.3 Å². The van der Waals surface area contributed by atoms with Gasteiger partial charge >= 0.3 is 0 Å². The van der Waals surface area contributed by atoms with E-state index in [1.54, 1.807) is 0 Å². The highest BCUT2D eigenvalue weighted by Gasteiger charge is 2.26. The molecule has 1 aliphatic rings. The van der Waals surface area contributed by atoms with Crippen LogP contribution in [-0.2, 0) is 0 Å². The van der Waals surface area contributed by atoms with Crippen molar-refractivity contribution in [2.45, 2.75) is 59.4 Å². The summed E-state index contributed by atoms with van der Waals surface area (Å²) >= 11 is 0. The van der Waals surface area contributed by atoms with E-state index in [1.165, 1.54) is 38.9 Å². The quantitative estimate of drug-likeness (QED) is 0.812. The third kappa shape index (κ3) is 6.42. The van der Waals surface area contributed by atoms with Crippen LogP contribution in [0.1, 0.15) is 53.9 Å². The number of hydrogen-bond donors (Lipinski definition) is 1. The van der Waals surface area contributed by atoms with Crippen molar-refractivity contribution in [1.29, 1.82) is 0 Å². The molecule has 0 unspecified atom stereocenters. The van der Waals surface area contributed by atoms with E-state index in [9.17, 15) is 0 Å². The van der Waals surface area contributed by atoms with Gasteiger partial charge in [0.25, 0.3) is 0 Å². The minimum absolute atomic E-state index is 0.265. The van der Waals surface area contributed by atoms with E-state index in [0.717, 1.165) is 5.92 Å². The molecule has 2 heteroatoms. The Balaban J connectivity index is 2.29. The fraction of sp³-hybridized carbons (Fsp3) is 1.00. The van der Waals surface area contributed by atoms with Gasteiger partial charge in [-0.1, -0.05) is 20.8 Å². The molecule has 17 heavy (non-hydrogen) atoms. The van der Waals surface area contributed by atoms with Gasteiger partial charge in [0.2, 0.25) is 0 Å². The van der Waals surface area contributed by atoms with Crippen molar-refractivity contribution in [2.24, 2.45) is 11.3 Å². The molecular weight excluding hydrogens is 208 g/mol. The maximum atomic E-state index is 3.78. The first-order chi connectivity index (χ1) is 7.68. The molecule has 0 aromatic heterocycles. The molecule has 0 saturated carbocycles. The normalized spacial score (nSPS) is 20.8. The van der Waals surface area contributed by atoms with Crippen LogP contribution in [0.4, 0.5) is 0 Å². The Morgan fingerprint density at radius 3 is 2.06 bits per heavy atom. The SMILES string of the molecule is CN1CCC(CNC(C)(C)CC(C)(C)C)CC1. The number of nitrogens with one attached hydrogen (secondary N) is 1. The second-order valence-corrected chi connectivity index (χ2v) is 7.75. The molecule has 1 heterocycles. The van der Waals surface area contributed by atoms with Gasteiger partial charge < -0.3 is 10.2 Å². The monoisotopic (exact) mass is 240 g/mol. The van der Waals surface area contributed by atoms with E-state index in [-0.39, 0.29) is 5.54 Å². The van der Waals surface area contributed by atoms with Crippen molar-refractivity contribution in [3.63, 3.8) is 0 Å². The second kappa shape index (κ2) is 5.71. The molecule has 0 aliphatic carbocycles. The fourth-order valence-electron chi connectivity index (χ4n) is 3.08. The summed E-state index contributed by atoms with van der Waals surface area (Å²) in [4.78, 5) is 2.44. The first kappa shape index (κ1) is 15.0. The average Bonchev–Trinajstić information content (AvgIpc) is 2.13. The zero-order valence-corrected chi connectivity index (χ0v) is 12.8. The zero-order valence-electron chi connectivity index (χ0n) is 12.8. The van der Waals surface area contributed by atoms with Crippen molar-refractivity contribution >= 4 is 0 Å². The van der Waals surface area contributed by atoms with Crippen LogP contribution in [0.15, 0.2) is 0 Å². The topological polar surface area (TPSA) is 15.3 Å². The number of piperidine rings is 1. The molecule has 0 amide bonds. The van der Waals surface area contributed by atoms with Crippen molar-refractivity contribution in [2.75, 3.05) is 26.7 Å². The number of likely N-dealkylation sites (tertiary alicyclic amines) is 1. The minimum Gasteiger partial charge on any atom is -0.311 e. The van der Waals surface area contributed by atoms with Gasteiger partial charge in [-0.2, -0.15) is 0 Å². The highest BCUT2D eigenvalue weighted by molar-refractivity contribution is 4.84. The predicted molar refractivity (Wildman–Crippen MR) is 76.4 cm³/mol. The van der Waals surface area contributed by atoms with Crippen LogP contribution in [0.25, 0.3) is 0 Å². The molecule has 0 aromatic carbocycles. The molecule has 1 N–H and O–H groups in total. The van der Waals surface area contributed by atoms with Crippen molar-refractivity contribution in [3.05, 3.63) is 0 Å². The molecule has 0 radical (unpaired) electrons. The molecular formula is C15H32N2. The van der Waals surface area contributed by atoms with Gasteiger partial charge in [0.05, 0.1) is 0 Å². The molecule has 0 spiro atoms. The van der Waals surface area contributed by atoms with Crippen LogP contribution in [0.5, 0.6) is 0 Å². The number of rotatable bonds is 4. The Morgan fingerprint density at radius 1 is 1.06 bits per heavy atom. The van der Waals surface area contributed by atoms with E-state index in [0.29, 0.717) is 5.41 Å². The third-order valence-electron chi connectivity index (χ3n) is 3.68. The van der Waals surface area contributed by atoms with Crippen LogP contribution in [-0.4, -0.2) is 37.1 Å². The van der Waals surface area contributed by atoms with Gasteiger partial charge in [-0.25, -0.2) is 0 Å². The molecule has 0 atom stereocenters. The van der Waals surface area contributed by atoms with Gasteiger partial charge in [0, 0.05) is 5.54 Å². The number of hydrogen-bond acceptors (Lipinski definition) is 2. The summed E-state index contributed by atoms with van der Waals surface area (Å²) in [7, 11) is 2.23. The lowest BCUT2D eigenvalue weighted by molar-refractivity contribution is 0.188. The lowest BCUT2D eigenvalue weighted by Gasteiger charge is -2.36. The van der Waals surface area contributed by atoms with Crippen LogP contribution in [0.2, 0.25) is 0 Å². The highest BCUT2D eigenvalue weighted by Crippen LogP contribution is 2.27. The lowest BCUT2D eigenvalue weighted by Crippen LogP contribution is -2.46. The summed E-state index contributed by atoms with van der Waals surface area (Å²) in [5, 5.41) is 3.78. The van der Waals surface area contributed by atoms with Crippen molar-refractivity contribution in [1.82, 2.24) is 10.2 Å². The molecule has 1 saturated heterocycles. The van der Waals surface area contributed by atoms with E-state index in [1.807, 2.05) is 0 Å². The first-order valence-electron chi connectivity index (χ1n) is 7.12. The van der Waals surface area contributed by atoms with Crippen molar-refractivity contribution < 1.29 is 0 Å². The Labute approximate surface area is 108 Å². The molecule has 2 nitrogen and oxygen atoms in total. The average molecular weight is 240 g/mol. The summed E-state index contributed by atoms with van der Waals surface area (Å²) in [6.07, 6.45) is 3.94. The third-order valence-corrected chi connectivity index (χ3v) is 3.68. The van der Waals surface area contributed by atoms with E-state index in [4.69, 9.17) is 0 Å². The highest BCUT2D eigenvalue weighted by atomic mass is 15.1. The standard InChI is InChI=1S/C15H32N2/c1-14(2,3)12-15(4,5)16-11-13-7-9-17(6)10-8-13/h13,16H,7-12H2,1-6H3. The smallest absolute Gasteiger partial charge is 0.0130 e. The van der Waals surface area contributed by atoms with Gasteiger partial charge in [-0.15, -0.1) is 0 Å². The maximum Gasteiger partial charge on any atom is 0.0130 e. The molecule has 102 valence electrons. The Morgan fingerprint density at radius 2 is 1.59 bits per heavy atom. The summed E-state index contributed by atoms with van der Waals surface area (Å²) in [6, 6.07) is 0. The molecule has 0 bridgehead atoms. The van der Waals surface area contributed by atoms with Gasteiger partial charge in [-0.3, -0.25) is 0 Å². The fourth-order valence-corrected chi connectivity index (χ4v) is 3.08. The molecule has 1 aliphatic heterocycles.